The molecular formula is C20H18ClN5O3. The molecule has 0 fully saturated rings. The van der Waals surface area contributed by atoms with Crippen LogP contribution in [0.2, 0.25) is 5.02 Å². The molecule has 1 amide bonds. The predicted molar refractivity (Wildman–Crippen MR) is 112 cm³/mol. The highest BCUT2D eigenvalue weighted by Gasteiger charge is 2.21. The second-order valence-corrected chi connectivity index (χ2v) is 6.79. The summed E-state index contributed by atoms with van der Waals surface area (Å²) in [5.74, 6) is 2.01. The van der Waals surface area contributed by atoms with Crippen molar-refractivity contribution in [1.29, 1.82) is 0 Å². The highest BCUT2D eigenvalue weighted by molar-refractivity contribution is 6.33. The van der Waals surface area contributed by atoms with Crippen LogP contribution in [0.25, 0.3) is 0 Å². The van der Waals surface area contributed by atoms with Gasteiger partial charge in [-0.2, -0.15) is 4.98 Å². The average Bonchev–Trinajstić information content (AvgIpc) is 3.15. The fourth-order valence-electron chi connectivity index (χ4n) is 2.88. The summed E-state index contributed by atoms with van der Waals surface area (Å²) in [5.41, 5.74) is 3.06. The summed E-state index contributed by atoms with van der Waals surface area (Å²) in [7, 11) is 0. The molecule has 8 nitrogen and oxygen atoms in total. The van der Waals surface area contributed by atoms with E-state index in [0.29, 0.717) is 34.0 Å². The third-order valence-corrected chi connectivity index (χ3v) is 4.51. The Morgan fingerprint density at radius 3 is 2.79 bits per heavy atom. The number of aryl methyl sites for hydroxylation is 1. The molecule has 9 heteroatoms. The maximum Gasteiger partial charge on any atom is 0.231 e. The normalized spacial score (nSPS) is 11.8. The zero-order chi connectivity index (χ0) is 20.4. The summed E-state index contributed by atoms with van der Waals surface area (Å²) in [4.78, 5) is 20.0. The van der Waals surface area contributed by atoms with E-state index in [1.807, 2.05) is 25.1 Å². The van der Waals surface area contributed by atoms with Crippen LogP contribution in [0.3, 0.4) is 0 Å². The molecule has 0 saturated carbocycles. The number of anilines is 5. The van der Waals surface area contributed by atoms with Crippen LogP contribution in [0.15, 0.2) is 42.6 Å². The van der Waals surface area contributed by atoms with Crippen LogP contribution in [0, 0.1) is 6.92 Å². The Kier molecular flexibility index (Phi) is 5.09. The van der Waals surface area contributed by atoms with E-state index in [1.54, 1.807) is 24.4 Å². The van der Waals surface area contributed by atoms with Crippen LogP contribution in [-0.4, -0.2) is 22.7 Å². The van der Waals surface area contributed by atoms with Gasteiger partial charge in [-0.25, -0.2) is 4.98 Å². The highest BCUT2D eigenvalue weighted by atomic mass is 35.5. The predicted octanol–water partition coefficient (Wildman–Crippen LogP) is 4.61. The first-order valence-corrected chi connectivity index (χ1v) is 9.21. The number of hydrogen-bond donors (Lipinski definition) is 3. The Hall–Kier alpha value is -3.52. The number of carbonyl (C=O) groups excluding carboxylic acids is 1. The lowest BCUT2D eigenvalue weighted by molar-refractivity contribution is -0.114. The quantitative estimate of drug-likeness (QED) is 0.563. The summed E-state index contributed by atoms with van der Waals surface area (Å²) < 4.78 is 10.9. The Bertz CT molecular complexity index is 1090. The van der Waals surface area contributed by atoms with Crippen molar-refractivity contribution in [2.45, 2.75) is 13.8 Å². The second-order valence-electron chi connectivity index (χ2n) is 6.38. The number of halogens is 1. The van der Waals surface area contributed by atoms with Crippen molar-refractivity contribution >= 4 is 46.3 Å². The van der Waals surface area contributed by atoms with Crippen LogP contribution < -0.4 is 25.4 Å². The van der Waals surface area contributed by atoms with Gasteiger partial charge in [0.25, 0.3) is 0 Å². The number of aromatic nitrogens is 2. The smallest absolute Gasteiger partial charge is 0.231 e. The zero-order valence-corrected chi connectivity index (χ0v) is 16.5. The molecule has 0 aliphatic carbocycles. The molecule has 148 valence electrons. The van der Waals surface area contributed by atoms with Gasteiger partial charge in [0.1, 0.15) is 11.5 Å². The zero-order valence-electron chi connectivity index (χ0n) is 15.7. The lowest BCUT2D eigenvalue weighted by Crippen LogP contribution is -2.07. The van der Waals surface area contributed by atoms with Gasteiger partial charge in [0.2, 0.25) is 18.6 Å². The number of amides is 1. The maximum atomic E-state index is 11.2. The van der Waals surface area contributed by atoms with E-state index in [9.17, 15) is 4.79 Å². The van der Waals surface area contributed by atoms with E-state index >= 15 is 0 Å². The summed E-state index contributed by atoms with van der Waals surface area (Å²) >= 11 is 6.31. The van der Waals surface area contributed by atoms with Gasteiger partial charge in [0.05, 0.1) is 5.02 Å². The first-order chi connectivity index (χ1) is 14.0. The van der Waals surface area contributed by atoms with Gasteiger partial charge in [-0.3, -0.25) is 4.79 Å². The molecule has 0 spiro atoms. The minimum atomic E-state index is -0.114. The van der Waals surface area contributed by atoms with Crippen LogP contribution in [0.5, 0.6) is 11.5 Å². The van der Waals surface area contributed by atoms with E-state index in [2.05, 4.69) is 25.9 Å². The van der Waals surface area contributed by atoms with E-state index in [1.165, 1.54) is 6.92 Å². The first kappa shape index (κ1) is 18.8. The van der Waals surface area contributed by atoms with Gasteiger partial charge in [-0.05, 0) is 48.9 Å². The standard InChI is InChI=1S/C20H18ClN5O3/c1-11-9-13(3-5-15(11)23-12(2)27)24-20-22-8-7-17(26-20)25-18-14(21)4-6-16-19(18)29-10-28-16/h3-9H,10H2,1-2H3,(H,23,27)(H2,22,24,25,26). The number of fused-ring (bicyclic) bond motifs is 1. The minimum absolute atomic E-state index is 0.114. The summed E-state index contributed by atoms with van der Waals surface area (Å²) in [5, 5.41) is 9.60. The van der Waals surface area contributed by atoms with E-state index < -0.39 is 0 Å². The fourth-order valence-corrected chi connectivity index (χ4v) is 3.08. The molecule has 2 aromatic carbocycles. The molecule has 1 aliphatic rings. The molecule has 1 aliphatic heterocycles. The van der Waals surface area contributed by atoms with Gasteiger partial charge >= 0.3 is 0 Å². The Morgan fingerprint density at radius 2 is 2.00 bits per heavy atom. The number of ether oxygens (including phenoxy) is 2. The summed E-state index contributed by atoms with van der Waals surface area (Å²) in [6.45, 7) is 3.54. The third-order valence-electron chi connectivity index (χ3n) is 4.19. The van der Waals surface area contributed by atoms with Gasteiger partial charge in [-0.1, -0.05) is 11.6 Å². The van der Waals surface area contributed by atoms with Crippen LogP contribution in [-0.2, 0) is 4.79 Å². The maximum absolute atomic E-state index is 11.2. The lowest BCUT2D eigenvalue weighted by atomic mass is 10.1. The number of hydrogen-bond acceptors (Lipinski definition) is 7. The Balaban J connectivity index is 1.54. The van der Waals surface area contributed by atoms with Crippen LogP contribution in [0.4, 0.5) is 28.8 Å². The SMILES string of the molecule is CC(=O)Nc1ccc(Nc2nccc(Nc3c(Cl)ccc4c3OCO4)n2)cc1C. The molecule has 2 heterocycles. The molecule has 1 aromatic heterocycles. The topological polar surface area (TPSA) is 97.4 Å². The Labute approximate surface area is 172 Å². The van der Waals surface area contributed by atoms with Crippen molar-refractivity contribution in [1.82, 2.24) is 9.97 Å². The van der Waals surface area contributed by atoms with Gasteiger partial charge in [-0.15, -0.1) is 0 Å². The molecule has 3 N–H and O–H groups in total. The lowest BCUT2D eigenvalue weighted by Gasteiger charge is -2.12. The van der Waals surface area contributed by atoms with Gasteiger partial charge < -0.3 is 25.4 Å². The molecule has 0 bridgehead atoms. The molecule has 0 radical (unpaired) electrons. The van der Waals surface area contributed by atoms with Crippen molar-refractivity contribution in [2.75, 3.05) is 22.7 Å². The van der Waals surface area contributed by atoms with E-state index in [0.717, 1.165) is 16.9 Å². The molecule has 0 saturated heterocycles. The summed E-state index contributed by atoms with van der Waals surface area (Å²) in [6, 6.07) is 10.8. The van der Waals surface area contributed by atoms with Crippen molar-refractivity contribution in [2.24, 2.45) is 0 Å². The molecule has 0 unspecified atom stereocenters. The van der Waals surface area contributed by atoms with Crippen LogP contribution in [0.1, 0.15) is 12.5 Å². The average molecular weight is 412 g/mol. The molecular weight excluding hydrogens is 394 g/mol. The number of nitrogens with zero attached hydrogens (tertiary/aromatic N) is 2. The van der Waals surface area contributed by atoms with E-state index in [-0.39, 0.29) is 12.7 Å². The third kappa shape index (κ3) is 4.17. The van der Waals surface area contributed by atoms with Crippen LogP contribution >= 0.6 is 11.6 Å². The molecule has 0 atom stereocenters. The monoisotopic (exact) mass is 411 g/mol. The fraction of sp³-hybridized carbons (Fsp3) is 0.150. The molecule has 4 rings (SSSR count). The number of carbonyl (C=O) groups is 1. The highest BCUT2D eigenvalue weighted by Crippen LogP contribution is 2.44. The minimum Gasteiger partial charge on any atom is -0.454 e. The van der Waals surface area contributed by atoms with Crippen molar-refractivity contribution in [3.05, 3.63) is 53.2 Å². The Morgan fingerprint density at radius 1 is 1.14 bits per heavy atom. The molecule has 29 heavy (non-hydrogen) atoms. The first-order valence-electron chi connectivity index (χ1n) is 8.83. The van der Waals surface area contributed by atoms with Gasteiger partial charge in [0.15, 0.2) is 11.5 Å². The second kappa shape index (κ2) is 7.84. The number of rotatable bonds is 5. The van der Waals surface area contributed by atoms with Crippen molar-refractivity contribution < 1.29 is 14.3 Å². The number of nitrogens with one attached hydrogen (secondary N) is 3. The van der Waals surface area contributed by atoms with Crippen molar-refractivity contribution in [3.63, 3.8) is 0 Å². The largest absolute Gasteiger partial charge is 0.454 e. The van der Waals surface area contributed by atoms with E-state index in [4.69, 9.17) is 21.1 Å². The van der Waals surface area contributed by atoms with Gasteiger partial charge in [0, 0.05) is 24.5 Å². The van der Waals surface area contributed by atoms with Crippen molar-refractivity contribution in [3.8, 4) is 11.5 Å². The number of benzene rings is 2. The molecule has 3 aromatic rings. The summed E-state index contributed by atoms with van der Waals surface area (Å²) in [6.07, 6.45) is 1.63.